The van der Waals surface area contributed by atoms with Crippen molar-refractivity contribution in [3.05, 3.63) is 11.6 Å². The predicted molar refractivity (Wildman–Crippen MR) is 46.3 cm³/mol. The molecule has 0 saturated heterocycles. The van der Waals surface area contributed by atoms with Crippen molar-refractivity contribution in [2.24, 2.45) is 17.8 Å². The Kier molecular flexibility index (Phi) is 1.21. The van der Waals surface area contributed by atoms with Gasteiger partial charge >= 0.3 is 0 Å². The SMILES string of the molecule is C1=C2CC3CCC2C3CCC1. The van der Waals surface area contributed by atoms with E-state index >= 15 is 0 Å². The third kappa shape index (κ3) is 0.758. The first-order valence-corrected chi connectivity index (χ1v) is 5.14. The second-order valence-electron chi connectivity index (χ2n) is 4.52. The molecule has 3 unspecified atom stereocenters. The molecule has 0 heterocycles. The van der Waals surface area contributed by atoms with E-state index in [1.54, 1.807) is 6.42 Å². The van der Waals surface area contributed by atoms with Crippen LogP contribution in [-0.2, 0) is 0 Å². The molecule has 0 aromatic rings. The van der Waals surface area contributed by atoms with Gasteiger partial charge < -0.3 is 0 Å². The summed E-state index contributed by atoms with van der Waals surface area (Å²) in [6.07, 6.45) is 11.5. The highest BCUT2D eigenvalue weighted by atomic mass is 14.5. The van der Waals surface area contributed by atoms with Gasteiger partial charge in [0.2, 0.25) is 0 Å². The second-order valence-corrected chi connectivity index (χ2v) is 4.52. The van der Waals surface area contributed by atoms with Gasteiger partial charge in [0.15, 0.2) is 0 Å². The Morgan fingerprint density at radius 2 is 2.18 bits per heavy atom. The molecule has 0 aromatic heterocycles. The Bertz CT molecular complexity index is 202. The molecule has 0 radical (unpaired) electrons. The molecule has 0 aromatic carbocycles. The summed E-state index contributed by atoms with van der Waals surface area (Å²) in [6, 6.07) is 0. The topological polar surface area (TPSA) is 0 Å². The van der Waals surface area contributed by atoms with Crippen molar-refractivity contribution in [2.45, 2.75) is 38.5 Å². The van der Waals surface area contributed by atoms with Gasteiger partial charge in [0.25, 0.3) is 0 Å². The fraction of sp³-hybridized carbons (Fsp3) is 0.818. The van der Waals surface area contributed by atoms with Crippen molar-refractivity contribution in [3.8, 4) is 0 Å². The summed E-state index contributed by atoms with van der Waals surface area (Å²) < 4.78 is 0. The maximum absolute atomic E-state index is 2.56. The molecular weight excluding hydrogens is 132 g/mol. The van der Waals surface area contributed by atoms with Crippen LogP contribution >= 0.6 is 0 Å². The van der Waals surface area contributed by atoms with E-state index in [2.05, 4.69) is 6.08 Å². The van der Waals surface area contributed by atoms with Crippen LogP contribution in [0.3, 0.4) is 0 Å². The van der Waals surface area contributed by atoms with Crippen LogP contribution in [0.15, 0.2) is 11.6 Å². The zero-order valence-corrected chi connectivity index (χ0v) is 7.05. The fourth-order valence-corrected chi connectivity index (χ4v) is 3.63. The normalized spacial score (nSPS) is 47.3. The Morgan fingerprint density at radius 1 is 1.18 bits per heavy atom. The Labute approximate surface area is 68.7 Å². The molecule has 3 rings (SSSR count). The van der Waals surface area contributed by atoms with Crippen LogP contribution in [0, 0.1) is 17.8 Å². The molecule has 0 aliphatic heterocycles. The molecule has 3 aliphatic rings. The monoisotopic (exact) mass is 148 g/mol. The fourth-order valence-electron chi connectivity index (χ4n) is 3.63. The van der Waals surface area contributed by atoms with Gasteiger partial charge in [-0.25, -0.2) is 0 Å². The lowest BCUT2D eigenvalue weighted by Crippen LogP contribution is -2.04. The van der Waals surface area contributed by atoms with Crippen LogP contribution in [0.25, 0.3) is 0 Å². The van der Waals surface area contributed by atoms with Crippen molar-refractivity contribution in [3.63, 3.8) is 0 Å². The highest BCUT2D eigenvalue weighted by molar-refractivity contribution is 5.20. The van der Waals surface area contributed by atoms with E-state index in [0.29, 0.717) is 0 Å². The third-order valence-corrected chi connectivity index (χ3v) is 4.09. The lowest BCUT2D eigenvalue weighted by molar-refractivity contribution is 0.376. The zero-order valence-electron chi connectivity index (χ0n) is 7.05. The first-order valence-electron chi connectivity index (χ1n) is 5.14. The van der Waals surface area contributed by atoms with Crippen molar-refractivity contribution >= 4 is 0 Å². The van der Waals surface area contributed by atoms with E-state index in [4.69, 9.17) is 0 Å². The summed E-state index contributed by atoms with van der Waals surface area (Å²) in [7, 11) is 0. The minimum Gasteiger partial charge on any atom is -0.0850 e. The molecule has 0 heteroatoms. The second kappa shape index (κ2) is 2.12. The molecule has 0 amide bonds. The van der Waals surface area contributed by atoms with Crippen LogP contribution in [-0.4, -0.2) is 0 Å². The highest BCUT2D eigenvalue weighted by Crippen LogP contribution is 2.55. The van der Waals surface area contributed by atoms with E-state index in [-0.39, 0.29) is 0 Å². The Hall–Kier alpha value is -0.260. The molecule has 60 valence electrons. The van der Waals surface area contributed by atoms with Gasteiger partial charge in [0.1, 0.15) is 0 Å². The van der Waals surface area contributed by atoms with E-state index in [1.807, 2.05) is 5.57 Å². The van der Waals surface area contributed by atoms with Crippen molar-refractivity contribution in [1.82, 2.24) is 0 Å². The van der Waals surface area contributed by atoms with Gasteiger partial charge in [0.05, 0.1) is 0 Å². The number of hydrogen-bond acceptors (Lipinski definition) is 0. The summed E-state index contributed by atoms with van der Waals surface area (Å²) in [5.41, 5.74) is 1.85. The summed E-state index contributed by atoms with van der Waals surface area (Å²) in [4.78, 5) is 0. The van der Waals surface area contributed by atoms with Crippen molar-refractivity contribution < 1.29 is 0 Å². The molecule has 2 fully saturated rings. The lowest BCUT2D eigenvalue weighted by atomic mass is 9.93. The van der Waals surface area contributed by atoms with Crippen LogP contribution in [0.2, 0.25) is 0 Å². The van der Waals surface area contributed by atoms with Crippen LogP contribution in [0.1, 0.15) is 38.5 Å². The molecule has 11 heavy (non-hydrogen) atoms. The first-order chi connectivity index (χ1) is 5.45. The number of allylic oxidation sites excluding steroid dienone is 2. The van der Waals surface area contributed by atoms with Gasteiger partial charge in [-0.3, -0.25) is 0 Å². The molecule has 3 aliphatic carbocycles. The summed E-state index contributed by atoms with van der Waals surface area (Å²) in [5.74, 6) is 3.30. The van der Waals surface area contributed by atoms with E-state index in [0.717, 1.165) is 17.8 Å². The average molecular weight is 148 g/mol. The quantitative estimate of drug-likeness (QED) is 0.463. The molecule has 0 nitrogen and oxygen atoms in total. The van der Waals surface area contributed by atoms with E-state index < -0.39 is 0 Å². The maximum atomic E-state index is 2.56. The van der Waals surface area contributed by atoms with Crippen molar-refractivity contribution in [1.29, 1.82) is 0 Å². The zero-order chi connectivity index (χ0) is 7.26. The summed E-state index contributed by atoms with van der Waals surface area (Å²) in [5, 5.41) is 0. The van der Waals surface area contributed by atoms with Gasteiger partial charge in [-0.1, -0.05) is 11.6 Å². The standard InChI is InChI=1S/C11H16/c1-2-4-10-9-5-6-11(10)8(3-1)7-9/h3,9-11H,1-2,4-7H2. The summed E-state index contributed by atoms with van der Waals surface area (Å²) in [6.45, 7) is 0. The predicted octanol–water partition coefficient (Wildman–Crippen LogP) is 3.14. The van der Waals surface area contributed by atoms with Crippen LogP contribution < -0.4 is 0 Å². The Morgan fingerprint density at radius 3 is 3.18 bits per heavy atom. The van der Waals surface area contributed by atoms with Gasteiger partial charge in [-0.05, 0) is 56.3 Å². The van der Waals surface area contributed by atoms with Crippen LogP contribution in [0.4, 0.5) is 0 Å². The largest absolute Gasteiger partial charge is 0.0850 e. The number of rotatable bonds is 0. The van der Waals surface area contributed by atoms with Gasteiger partial charge in [-0.15, -0.1) is 0 Å². The third-order valence-electron chi connectivity index (χ3n) is 4.09. The average Bonchev–Trinajstić information content (AvgIpc) is 2.42. The maximum Gasteiger partial charge on any atom is -0.0172 e. The van der Waals surface area contributed by atoms with Gasteiger partial charge in [-0.2, -0.15) is 0 Å². The number of hydrogen-bond donors (Lipinski definition) is 0. The minimum absolute atomic E-state index is 1.06. The van der Waals surface area contributed by atoms with Crippen LogP contribution in [0.5, 0.6) is 0 Å². The molecule has 4 bridgehead atoms. The van der Waals surface area contributed by atoms with E-state index in [1.165, 1.54) is 32.1 Å². The highest BCUT2D eigenvalue weighted by Gasteiger charge is 2.44. The molecule has 2 saturated carbocycles. The molecule has 0 spiro atoms. The molecule has 3 atom stereocenters. The first kappa shape index (κ1) is 6.28. The molecule has 0 N–H and O–H groups in total. The van der Waals surface area contributed by atoms with Crippen molar-refractivity contribution in [2.75, 3.05) is 0 Å². The van der Waals surface area contributed by atoms with E-state index in [9.17, 15) is 0 Å². The Balaban J connectivity index is 2.00. The molecular formula is C11H16. The van der Waals surface area contributed by atoms with Gasteiger partial charge in [0, 0.05) is 0 Å². The smallest absolute Gasteiger partial charge is 0.0172 e. The lowest BCUT2D eigenvalue weighted by Gasteiger charge is -2.12. The summed E-state index contributed by atoms with van der Waals surface area (Å²) >= 11 is 0. The minimum atomic E-state index is 1.06.